The van der Waals surface area contributed by atoms with E-state index in [0.717, 1.165) is 26.1 Å². The zero-order valence-electron chi connectivity index (χ0n) is 11.7. The van der Waals surface area contributed by atoms with Crippen LogP contribution < -0.4 is 5.73 Å². The van der Waals surface area contributed by atoms with Crippen molar-refractivity contribution < 1.29 is 0 Å². The quantitative estimate of drug-likeness (QED) is 0.820. The highest BCUT2D eigenvalue weighted by Crippen LogP contribution is 2.21. The first kappa shape index (κ1) is 14.2. The molecule has 0 aliphatic heterocycles. The van der Waals surface area contributed by atoms with Crippen LogP contribution in [0, 0.1) is 12.3 Å². The number of rotatable bonds is 6. The minimum absolute atomic E-state index is 0.300. The van der Waals surface area contributed by atoms with Crippen molar-refractivity contribution in [2.24, 2.45) is 11.1 Å². The molecule has 96 valence electrons. The van der Waals surface area contributed by atoms with Crippen LogP contribution in [0.1, 0.15) is 31.4 Å². The van der Waals surface area contributed by atoms with Crippen molar-refractivity contribution in [3.05, 3.63) is 35.4 Å². The summed E-state index contributed by atoms with van der Waals surface area (Å²) in [7, 11) is 2.18. The van der Waals surface area contributed by atoms with Crippen molar-refractivity contribution in [2.75, 3.05) is 20.1 Å². The molecule has 0 spiro atoms. The van der Waals surface area contributed by atoms with Crippen LogP contribution in [0.3, 0.4) is 0 Å². The van der Waals surface area contributed by atoms with Crippen LogP contribution in [0.4, 0.5) is 0 Å². The molecule has 1 aromatic carbocycles. The third-order valence-corrected chi connectivity index (χ3v) is 3.09. The number of hydrogen-bond acceptors (Lipinski definition) is 2. The van der Waals surface area contributed by atoms with Gasteiger partial charge in [-0.25, -0.2) is 0 Å². The van der Waals surface area contributed by atoms with E-state index in [9.17, 15) is 0 Å². The molecule has 0 bridgehead atoms. The van der Waals surface area contributed by atoms with Crippen LogP contribution >= 0.6 is 0 Å². The second kappa shape index (κ2) is 6.18. The van der Waals surface area contributed by atoms with Crippen molar-refractivity contribution in [1.82, 2.24) is 4.90 Å². The molecular weight excluding hydrogens is 208 g/mol. The molecule has 0 radical (unpaired) electrons. The van der Waals surface area contributed by atoms with Crippen LogP contribution in [0.2, 0.25) is 0 Å². The highest BCUT2D eigenvalue weighted by molar-refractivity contribution is 5.21. The van der Waals surface area contributed by atoms with Gasteiger partial charge >= 0.3 is 0 Å². The van der Waals surface area contributed by atoms with Gasteiger partial charge in [-0.1, -0.05) is 43.7 Å². The summed E-state index contributed by atoms with van der Waals surface area (Å²) in [5.74, 6) is 0. The van der Waals surface area contributed by atoms with Crippen molar-refractivity contribution in [3.8, 4) is 0 Å². The average molecular weight is 234 g/mol. The molecule has 0 unspecified atom stereocenters. The van der Waals surface area contributed by atoms with E-state index in [4.69, 9.17) is 5.73 Å². The summed E-state index contributed by atoms with van der Waals surface area (Å²) in [6.07, 6.45) is 1.07. The Morgan fingerprint density at radius 1 is 1.18 bits per heavy atom. The highest BCUT2D eigenvalue weighted by Gasteiger charge is 2.18. The SMILES string of the molecule is Cc1ccc(CN(C)CC(C)(C)CCN)cc1. The fourth-order valence-corrected chi connectivity index (χ4v) is 2.26. The van der Waals surface area contributed by atoms with Crippen LogP contribution in [0.5, 0.6) is 0 Å². The maximum atomic E-state index is 5.64. The predicted octanol–water partition coefficient (Wildman–Crippen LogP) is 2.80. The summed E-state index contributed by atoms with van der Waals surface area (Å²) in [6.45, 7) is 9.55. The molecule has 2 N–H and O–H groups in total. The van der Waals surface area contributed by atoms with E-state index in [2.05, 4.69) is 57.0 Å². The van der Waals surface area contributed by atoms with E-state index in [-0.39, 0.29) is 0 Å². The number of hydrogen-bond donors (Lipinski definition) is 1. The Bertz CT molecular complexity index is 327. The standard InChI is InChI=1S/C15H26N2/c1-13-5-7-14(8-6-13)11-17(4)12-15(2,3)9-10-16/h5-8H,9-12,16H2,1-4H3. The number of aryl methyl sites for hydroxylation is 1. The van der Waals surface area contributed by atoms with Gasteiger partial charge in [-0.2, -0.15) is 0 Å². The lowest BCUT2D eigenvalue weighted by Gasteiger charge is -2.30. The first-order valence-corrected chi connectivity index (χ1v) is 6.37. The lowest BCUT2D eigenvalue weighted by molar-refractivity contribution is 0.195. The van der Waals surface area contributed by atoms with E-state index < -0.39 is 0 Å². The summed E-state index contributed by atoms with van der Waals surface area (Å²) in [5, 5.41) is 0. The summed E-state index contributed by atoms with van der Waals surface area (Å²) in [6, 6.07) is 8.77. The Balaban J connectivity index is 2.49. The van der Waals surface area contributed by atoms with Gasteiger partial charge in [0, 0.05) is 13.1 Å². The van der Waals surface area contributed by atoms with E-state index in [0.29, 0.717) is 5.41 Å². The van der Waals surface area contributed by atoms with Gasteiger partial charge < -0.3 is 10.6 Å². The van der Waals surface area contributed by atoms with Crippen LogP contribution in [-0.4, -0.2) is 25.0 Å². The molecule has 0 aliphatic carbocycles. The van der Waals surface area contributed by atoms with Gasteiger partial charge in [0.1, 0.15) is 0 Å². The molecule has 1 aromatic rings. The monoisotopic (exact) mass is 234 g/mol. The normalized spacial score (nSPS) is 12.1. The zero-order chi connectivity index (χ0) is 12.9. The van der Waals surface area contributed by atoms with E-state index in [1.807, 2.05) is 0 Å². The molecule has 2 heteroatoms. The summed E-state index contributed by atoms with van der Waals surface area (Å²) in [5.41, 5.74) is 8.64. The van der Waals surface area contributed by atoms with Gasteiger partial charge in [-0.15, -0.1) is 0 Å². The van der Waals surface area contributed by atoms with Gasteiger partial charge in [0.05, 0.1) is 0 Å². The minimum Gasteiger partial charge on any atom is -0.330 e. The van der Waals surface area contributed by atoms with Crippen molar-refractivity contribution in [2.45, 2.75) is 33.7 Å². The molecular formula is C15H26N2. The van der Waals surface area contributed by atoms with Crippen LogP contribution in [-0.2, 0) is 6.54 Å². The van der Waals surface area contributed by atoms with Gasteiger partial charge in [-0.05, 0) is 37.9 Å². The second-order valence-corrected chi connectivity index (χ2v) is 5.86. The van der Waals surface area contributed by atoms with Crippen molar-refractivity contribution >= 4 is 0 Å². The molecule has 0 amide bonds. The molecule has 0 fully saturated rings. The van der Waals surface area contributed by atoms with Gasteiger partial charge in [-0.3, -0.25) is 0 Å². The van der Waals surface area contributed by atoms with Crippen molar-refractivity contribution in [1.29, 1.82) is 0 Å². The van der Waals surface area contributed by atoms with Crippen molar-refractivity contribution in [3.63, 3.8) is 0 Å². The van der Waals surface area contributed by atoms with E-state index in [1.165, 1.54) is 11.1 Å². The first-order chi connectivity index (χ1) is 7.93. The zero-order valence-corrected chi connectivity index (χ0v) is 11.7. The summed E-state index contributed by atoms with van der Waals surface area (Å²) < 4.78 is 0. The average Bonchev–Trinajstić information content (AvgIpc) is 2.20. The largest absolute Gasteiger partial charge is 0.330 e. The van der Waals surface area contributed by atoms with E-state index >= 15 is 0 Å². The van der Waals surface area contributed by atoms with E-state index in [1.54, 1.807) is 0 Å². The molecule has 1 rings (SSSR count). The Morgan fingerprint density at radius 3 is 2.29 bits per heavy atom. The predicted molar refractivity (Wildman–Crippen MR) is 75.0 cm³/mol. The molecule has 0 saturated heterocycles. The summed E-state index contributed by atoms with van der Waals surface area (Å²) in [4.78, 5) is 2.38. The Kier molecular flexibility index (Phi) is 5.16. The Hall–Kier alpha value is -0.860. The molecule has 0 atom stereocenters. The molecule has 0 aliphatic rings. The Labute approximate surface area is 106 Å². The lowest BCUT2D eigenvalue weighted by atomic mass is 9.89. The molecule has 0 aromatic heterocycles. The van der Waals surface area contributed by atoms with Gasteiger partial charge in [0.25, 0.3) is 0 Å². The van der Waals surface area contributed by atoms with Gasteiger partial charge in [0.2, 0.25) is 0 Å². The number of nitrogens with zero attached hydrogens (tertiary/aromatic N) is 1. The number of nitrogens with two attached hydrogens (primary N) is 1. The lowest BCUT2D eigenvalue weighted by Crippen LogP contribution is -2.32. The fraction of sp³-hybridized carbons (Fsp3) is 0.600. The molecule has 0 saturated carbocycles. The Morgan fingerprint density at radius 2 is 1.76 bits per heavy atom. The van der Waals surface area contributed by atoms with Gasteiger partial charge in [0.15, 0.2) is 0 Å². The minimum atomic E-state index is 0.300. The summed E-state index contributed by atoms with van der Waals surface area (Å²) >= 11 is 0. The first-order valence-electron chi connectivity index (χ1n) is 6.37. The maximum Gasteiger partial charge on any atom is 0.0230 e. The number of benzene rings is 1. The topological polar surface area (TPSA) is 29.3 Å². The third-order valence-electron chi connectivity index (χ3n) is 3.09. The van der Waals surface area contributed by atoms with Crippen LogP contribution in [0.15, 0.2) is 24.3 Å². The highest BCUT2D eigenvalue weighted by atomic mass is 15.1. The molecule has 2 nitrogen and oxygen atoms in total. The molecule has 0 heterocycles. The fourth-order valence-electron chi connectivity index (χ4n) is 2.26. The third kappa shape index (κ3) is 5.33. The second-order valence-electron chi connectivity index (χ2n) is 5.86. The smallest absolute Gasteiger partial charge is 0.0230 e. The maximum absolute atomic E-state index is 5.64. The molecule has 17 heavy (non-hydrogen) atoms. The van der Waals surface area contributed by atoms with Crippen LogP contribution in [0.25, 0.3) is 0 Å².